The van der Waals surface area contributed by atoms with Gasteiger partial charge < -0.3 is 40.3 Å². The molecule has 0 aliphatic carbocycles. The van der Waals surface area contributed by atoms with E-state index in [1.54, 1.807) is 6.08 Å². The van der Waals surface area contributed by atoms with Gasteiger partial charge in [0.2, 0.25) is 5.91 Å². The van der Waals surface area contributed by atoms with Gasteiger partial charge in [0, 0.05) is 6.42 Å². The Kier molecular flexibility index (Phi) is 64.3. The second kappa shape index (κ2) is 68.0. The molecule has 0 aromatic heterocycles. The standard InChI is InChI=1S/C80H143NO8/c1-3-5-7-9-11-13-15-17-19-21-23-25-27-29-30-31-32-33-34-35-36-37-38-39-40-41-42-43-44-46-48-50-52-54-56-58-60-62-64-66-68-70-76(84)81-73(72-88-80-79(87)78(86)77(85)75(71-82)89-80)74(83)69-67-65-63-61-59-57-55-53-51-49-47-45-28-26-24-22-20-18-16-14-12-10-8-6-4-2/h5,7,11,13,17,19,23,25,29-30,32-33,35-36,67,69,73-75,77-80,82-83,85-87H,3-4,6,8-10,12,14-16,18,20-22,24,26-28,31,34,37-66,68,70-72H2,1-2H3,(H,81,84)/b7-5-,13-11-,19-17-,25-23-,30-29-,33-32-,36-35-,69-67+. The Morgan fingerprint density at radius 2 is 0.697 bits per heavy atom. The summed E-state index contributed by atoms with van der Waals surface area (Å²) in [4.78, 5) is 13.2. The summed E-state index contributed by atoms with van der Waals surface area (Å²) >= 11 is 0. The molecule has 0 radical (unpaired) electrons. The van der Waals surface area contributed by atoms with E-state index in [0.717, 1.165) is 83.5 Å². The number of unbranched alkanes of at least 4 members (excludes halogenated alkanes) is 42. The highest BCUT2D eigenvalue weighted by Crippen LogP contribution is 2.23. The maximum Gasteiger partial charge on any atom is 0.220 e. The third kappa shape index (κ3) is 56.4. The van der Waals surface area contributed by atoms with Crippen LogP contribution in [-0.4, -0.2) is 87.5 Å². The molecule has 0 spiro atoms. The van der Waals surface area contributed by atoms with Crippen LogP contribution in [0.15, 0.2) is 97.2 Å². The Morgan fingerprint density at radius 3 is 1.03 bits per heavy atom. The highest BCUT2D eigenvalue weighted by Gasteiger charge is 2.44. The third-order valence-electron chi connectivity index (χ3n) is 17.7. The summed E-state index contributed by atoms with van der Waals surface area (Å²) in [5.74, 6) is -0.173. The van der Waals surface area contributed by atoms with Crippen LogP contribution in [0, 0.1) is 0 Å². The molecule has 89 heavy (non-hydrogen) atoms. The average molecular weight is 1250 g/mol. The lowest BCUT2D eigenvalue weighted by Crippen LogP contribution is -2.60. The molecule has 0 aromatic carbocycles. The van der Waals surface area contributed by atoms with Crippen molar-refractivity contribution in [3.8, 4) is 0 Å². The van der Waals surface area contributed by atoms with Crippen LogP contribution in [0.4, 0.5) is 0 Å². The van der Waals surface area contributed by atoms with Gasteiger partial charge in [0.15, 0.2) is 6.29 Å². The maximum atomic E-state index is 13.2. The molecule has 7 atom stereocenters. The molecule has 6 N–H and O–H groups in total. The fourth-order valence-corrected chi connectivity index (χ4v) is 11.8. The van der Waals surface area contributed by atoms with E-state index in [1.807, 2.05) is 6.08 Å². The van der Waals surface area contributed by atoms with Gasteiger partial charge in [0.1, 0.15) is 24.4 Å². The summed E-state index contributed by atoms with van der Waals surface area (Å²) in [6.07, 6.45) is 92.4. The number of aliphatic hydroxyl groups is 5. The smallest absolute Gasteiger partial charge is 0.220 e. The average Bonchev–Trinajstić information content (AvgIpc) is 2.59. The van der Waals surface area contributed by atoms with E-state index in [4.69, 9.17) is 9.47 Å². The quantitative estimate of drug-likeness (QED) is 0.0261. The van der Waals surface area contributed by atoms with Crippen molar-refractivity contribution in [2.75, 3.05) is 13.2 Å². The molecule has 0 bridgehead atoms. The van der Waals surface area contributed by atoms with Crippen molar-refractivity contribution < 1.29 is 39.8 Å². The summed E-state index contributed by atoms with van der Waals surface area (Å²) in [6.45, 7) is 3.71. The number of ether oxygens (including phenoxy) is 2. The molecule has 516 valence electrons. The van der Waals surface area contributed by atoms with E-state index in [2.05, 4.69) is 104 Å². The number of nitrogens with one attached hydrogen (secondary N) is 1. The lowest BCUT2D eigenvalue weighted by Gasteiger charge is -2.40. The minimum absolute atomic E-state index is 0.173. The molecule has 0 saturated carbocycles. The lowest BCUT2D eigenvalue weighted by atomic mass is 9.99. The van der Waals surface area contributed by atoms with Gasteiger partial charge in [-0.1, -0.05) is 361 Å². The Labute approximate surface area is 549 Å². The van der Waals surface area contributed by atoms with Gasteiger partial charge in [-0.2, -0.15) is 0 Å². The number of amides is 1. The fourth-order valence-electron chi connectivity index (χ4n) is 11.8. The molecule has 1 rings (SSSR count). The zero-order valence-electron chi connectivity index (χ0n) is 57.9. The first kappa shape index (κ1) is 84.1. The predicted molar refractivity (Wildman–Crippen MR) is 382 cm³/mol. The molecule has 1 fully saturated rings. The monoisotopic (exact) mass is 1250 g/mol. The molecule has 0 aromatic rings. The number of rotatable bonds is 66. The number of hydrogen-bond acceptors (Lipinski definition) is 8. The van der Waals surface area contributed by atoms with Gasteiger partial charge in [-0.15, -0.1) is 0 Å². The summed E-state index contributed by atoms with van der Waals surface area (Å²) in [6, 6.07) is -0.809. The van der Waals surface area contributed by atoms with Gasteiger partial charge in [0.05, 0.1) is 25.4 Å². The van der Waals surface area contributed by atoms with Gasteiger partial charge >= 0.3 is 0 Å². The van der Waals surface area contributed by atoms with Gasteiger partial charge in [-0.05, 0) is 77.0 Å². The molecule has 1 heterocycles. The largest absolute Gasteiger partial charge is 0.394 e. The second-order valence-corrected chi connectivity index (χ2v) is 26.1. The van der Waals surface area contributed by atoms with E-state index >= 15 is 0 Å². The topological polar surface area (TPSA) is 149 Å². The minimum Gasteiger partial charge on any atom is -0.394 e. The van der Waals surface area contributed by atoms with Gasteiger partial charge in [-0.25, -0.2) is 0 Å². The van der Waals surface area contributed by atoms with Crippen molar-refractivity contribution in [2.45, 2.75) is 391 Å². The van der Waals surface area contributed by atoms with Crippen molar-refractivity contribution in [2.24, 2.45) is 0 Å². The Bertz CT molecular complexity index is 1730. The summed E-state index contributed by atoms with van der Waals surface area (Å²) in [5, 5.41) is 54.9. The Balaban J connectivity index is 2.08. The van der Waals surface area contributed by atoms with E-state index < -0.39 is 49.5 Å². The van der Waals surface area contributed by atoms with Crippen molar-refractivity contribution >= 4 is 5.91 Å². The molecule has 1 amide bonds. The molecular formula is C80H143NO8. The van der Waals surface area contributed by atoms with Crippen molar-refractivity contribution in [3.63, 3.8) is 0 Å². The van der Waals surface area contributed by atoms with Gasteiger partial charge in [0.25, 0.3) is 0 Å². The van der Waals surface area contributed by atoms with Crippen LogP contribution in [0.1, 0.15) is 348 Å². The van der Waals surface area contributed by atoms with Crippen LogP contribution in [0.5, 0.6) is 0 Å². The molecule has 9 nitrogen and oxygen atoms in total. The van der Waals surface area contributed by atoms with Crippen molar-refractivity contribution in [1.82, 2.24) is 5.32 Å². The molecule has 1 aliphatic heterocycles. The van der Waals surface area contributed by atoms with Crippen LogP contribution in [0.3, 0.4) is 0 Å². The van der Waals surface area contributed by atoms with E-state index in [-0.39, 0.29) is 12.5 Å². The van der Waals surface area contributed by atoms with Crippen LogP contribution in [0.2, 0.25) is 0 Å². The zero-order valence-corrected chi connectivity index (χ0v) is 57.9. The number of carbonyl (C=O) groups is 1. The van der Waals surface area contributed by atoms with E-state index in [0.29, 0.717) is 6.42 Å². The van der Waals surface area contributed by atoms with Crippen LogP contribution in [0.25, 0.3) is 0 Å². The number of hydrogen-bond donors (Lipinski definition) is 6. The Hall–Kier alpha value is -2.89. The molecule has 9 heteroatoms. The van der Waals surface area contributed by atoms with Crippen LogP contribution >= 0.6 is 0 Å². The highest BCUT2D eigenvalue weighted by atomic mass is 16.7. The van der Waals surface area contributed by atoms with Gasteiger partial charge in [-0.3, -0.25) is 4.79 Å². The summed E-state index contributed by atoms with van der Waals surface area (Å²) in [7, 11) is 0. The normalized spacial score (nSPS) is 18.4. The number of allylic oxidation sites excluding steroid dienone is 15. The number of aliphatic hydroxyl groups excluding tert-OH is 5. The summed E-state index contributed by atoms with van der Waals surface area (Å²) < 4.78 is 11.3. The van der Waals surface area contributed by atoms with Crippen LogP contribution < -0.4 is 5.32 Å². The maximum absolute atomic E-state index is 13.2. The predicted octanol–water partition coefficient (Wildman–Crippen LogP) is 21.4. The highest BCUT2D eigenvalue weighted by molar-refractivity contribution is 5.76. The van der Waals surface area contributed by atoms with Crippen molar-refractivity contribution in [1.29, 1.82) is 0 Å². The SMILES string of the molecule is CC/C=C\C/C=C\C/C=C\C/C=C\C/C=C\C/C=C\C/C=C\CCCCCCCCCCCCCCCCCCCCCC(=O)NC(COC1OC(CO)C(O)C(O)C1O)C(O)/C=C/CCCCCCCCCCCCCCCCCCCCCCCCC. The minimum atomic E-state index is -1.57. The summed E-state index contributed by atoms with van der Waals surface area (Å²) in [5.41, 5.74) is 0. The number of carbonyl (C=O) groups excluding carboxylic acids is 1. The third-order valence-corrected chi connectivity index (χ3v) is 17.7. The zero-order chi connectivity index (χ0) is 64.2. The second-order valence-electron chi connectivity index (χ2n) is 26.1. The van der Waals surface area contributed by atoms with E-state index in [1.165, 1.54) is 244 Å². The molecule has 1 aliphatic rings. The Morgan fingerprint density at radius 1 is 0.393 bits per heavy atom. The first-order valence-corrected chi connectivity index (χ1v) is 38.0. The molecular weight excluding hydrogens is 1100 g/mol. The fraction of sp³-hybridized carbons (Fsp3) is 0.787. The van der Waals surface area contributed by atoms with Crippen LogP contribution in [-0.2, 0) is 14.3 Å². The first-order chi connectivity index (χ1) is 43.8. The van der Waals surface area contributed by atoms with E-state index in [9.17, 15) is 30.3 Å². The first-order valence-electron chi connectivity index (χ1n) is 38.0. The lowest BCUT2D eigenvalue weighted by molar-refractivity contribution is -0.302. The molecule has 1 saturated heterocycles. The van der Waals surface area contributed by atoms with Crippen molar-refractivity contribution in [3.05, 3.63) is 97.2 Å². The molecule has 7 unspecified atom stereocenters.